The fraction of sp³-hybridized carbons (Fsp3) is 0.222. The zero-order valence-electron chi connectivity index (χ0n) is 8.28. The quantitative estimate of drug-likeness (QED) is 0.716. The second-order valence-corrected chi connectivity index (χ2v) is 3.00. The molecule has 0 saturated carbocycles. The molecule has 92 valence electrons. The van der Waals surface area contributed by atoms with E-state index in [1.165, 1.54) is 0 Å². The fourth-order valence-electron chi connectivity index (χ4n) is 1.04. The van der Waals surface area contributed by atoms with Crippen LogP contribution in [0, 0.1) is 0 Å². The zero-order valence-corrected chi connectivity index (χ0v) is 8.28. The summed E-state index contributed by atoms with van der Waals surface area (Å²) in [7, 11) is 0. The molecule has 1 aromatic heterocycles. The number of carboxylic acid groups (broad SMARTS) is 1. The van der Waals surface area contributed by atoms with Gasteiger partial charge in [0.1, 0.15) is 5.69 Å². The number of nitrogens with zero attached hydrogens (tertiary/aromatic N) is 1. The van der Waals surface area contributed by atoms with Crippen LogP contribution >= 0.6 is 0 Å². The number of alkyl halides is 3. The number of fused-ring (bicyclic) bond motifs is 1. The van der Waals surface area contributed by atoms with Crippen LogP contribution < -0.4 is 5.32 Å². The fourth-order valence-corrected chi connectivity index (χ4v) is 1.04. The SMILES string of the molecule is O=C(O)C(F)(F)F.O=C1NCc2cccnc21. The monoisotopic (exact) mass is 248 g/mol. The topological polar surface area (TPSA) is 79.3 Å². The number of rotatable bonds is 0. The van der Waals surface area contributed by atoms with Gasteiger partial charge in [0.05, 0.1) is 0 Å². The van der Waals surface area contributed by atoms with Gasteiger partial charge in [0.25, 0.3) is 5.91 Å². The van der Waals surface area contributed by atoms with Gasteiger partial charge in [0, 0.05) is 18.3 Å². The molecule has 8 heteroatoms. The Morgan fingerprint density at radius 1 is 1.47 bits per heavy atom. The van der Waals surface area contributed by atoms with Crippen LogP contribution in [0.4, 0.5) is 13.2 Å². The van der Waals surface area contributed by atoms with Crippen LogP contribution in [0.15, 0.2) is 18.3 Å². The van der Waals surface area contributed by atoms with Crippen LogP contribution in [-0.4, -0.2) is 28.1 Å². The lowest BCUT2D eigenvalue weighted by Crippen LogP contribution is -2.21. The van der Waals surface area contributed by atoms with E-state index in [1.807, 2.05) is 12.1 Å². The lowest BCUT2D eigenvalue weighted by Gasteiger charge is -1.93. The van der Waals surface area contributed by atoms with Gasteiger partial charge in [-0.3, -0.25) is 9.78 Å². The van der Waals surface area contributed by atoms with Gasteiger partial charge in [-0.25, -0.2) is 4.79 Å². The molecular formula is C9H7F3N2O3. The maximum atomic E-state index is 10.9. The number of hydrogen-bond donors (Lipinski definition) is 2. The molecule has 2 heterocycles. The first-order chi connectivity index (χ1) is 7.82. The van der Waals surface area contributed by atoms with Gasteiger partial charge in [-0.1, -0.05) is 6.07 Å². The molecule has 0 spiro atoms. The molecule has 0 fully saturated rings. The normalized spacial score (nSPS) is 13.2. The van der Waals surface area contributed by atoms with Crippen molar-refractivity contribution < 1.29 is 27.9 Å². The van der Waals surface area contributed by atoms with E-state index in [4.69, 9.17) is 9.90 Å². The molecule has 2 rings (SSSR count). The van der Waals surface area contributed by atoms with Gasteiger partial charge < -0.3 is 10.4 Å². The molecule has 0 atom stereocenters. The number of amides is 1. The minimum atomic E-state index is -5.08. The number of halogens is 3. The van der Waals surface area contributed by atoms with E-state index in [2.05, 4.69) is 10.3 Å². The summed E-state index contributed by atoms with van der Waals surface area (Å²) in [5.74, 6) is -2.82. The highest BCUT2D eigenvalue weighted by Crippen LogP contribution is 2.13. The molecule has 0 aromatic carbocycles. The number of aromatic nitrogens is 1. The Hall–Kier alpha value is -2.12. The van der Waals surface area contributed by atoms with Crippen LogP contribution in [0.3, 0.4) is 0 Å². The van der Waals surface area contributed by atoms with Crippen molar-refractivity contribution in [1.29, 1.82) is 0 Å². The predicted molar refractivity (Wildman–Crippen MR) is 49.1 cm³/mol. The van der Waals surface area contributed by atoms with Crippen molar-refractivity contribution in [3.8, 4) is 0 Å². The Kier molecular flexibility index (Phi) is 3.66. The molecule has 1 aromatic rings. The second-order valence-electron chi connectivity index (χ2n) is 3.00. The maximum Gasteiger partial charge on any atom is 0.490 e. The summed E-state index contributed by atoms with van der Waals surface area (Å²) in [5.41, 5.74) is 1.56. The Morgan fingerprint density at radius 3 is 2.53 bits per heavy atom. The Morgan fingerprint density at radius 2 is 2.06 bits per heavy atom. The van der Waals surface area contributed by atoms with Crippen molar-refractivity contribution in [1.82, 2.24) is 10.3 Å². The Bertz CT molecular complexity index is 445. The predicted octanol–water partition coefficient (Wildman–Crippen LogP) is 0.958. The van der Waals surface area contributed by atoms with Crippen molar-refractivity contribution in [3.05, 3.63) is 29.6 Å². The third-order valence-corrected chi connectivity index (χ3v) is 1.79. The van der Waals surface area contributed by atoms with Crippen LogP contribution in [0.2, 0.25) is 0 Å². The molecule has 0 aliphatic carbocycles. The van der Waals surface area contributed by atoms with Crippen LogP contribution in [0.25, 0.3) is 0 Å². The molecule has 0 radical (unpaired) electrons. The van der Waals surface area contributed by atoms with Crippen molar-refractivity contribution in [2.75, 3.05) is 0 Å². The summed E-state index contributed by atoms with van der Waals surface area (Å²) in [4.78, 5) is 23.7. The Balaban J connectivity index is 0.000000185. The van der Waals surface area contributed by atoms with Gasteiger partial charge in [0.15, 0.2) is 0 Å². The van der Waals surface area contributed by atoms with Crippen molar-refractivity contribution in [2.45, 2.75) is 12.7 Å². The van der Waals surface area contributed by atoms with Crippen molar-refractivity contribution in [3.63, 3.8) is 0 Å². The van der Waals surface area contributed by atoms with Crippen molar-refractivity contribution >= 4 is 11.9 Å². The summed E-state index contributed by atoms with van der Waals surface area (Å²) in [5, 5.41) is 9.81. The van der Waals surface area contributed by atoms with Gasteiger partial charge >= 0.3 is 12.1 Å². The first-order valence-electron chi connectivity index (χ1n) is 4.34. The molecule has 0 saturated heterocycles. The highest BCUT2D eigenvalue weighted by atomic mass is 19.4. The van der Waals surface area contributed by atoms with Gasteiger partial charge in [-0.15, -0.1) is 0 Å². The summed E-state index contributed by atoms with van der Waals surface area (Å²) in [6, 6.07) is 3.74. The largest absolute Gasteiger partial charge is 0.490 e. The zero-order chi connectivity index (χ0) is 13.1. The second kappa shape index (κ2) is 4.81. The number of hydrogen-bond acceptors (Lipinski definition) is 3. The standard InChI is InChI=1S/C7H6N2O.C2HF3O2/c10-7-6-5(4-9-7)2-1-3-8-6;3-2(4,5)1(6)7/h1-3H,4H2,(H,9,10);(H,6,7). The molecular weight excluding hydrogens is 241 g/mol. The minimum Gasteiger partial charge on any atom is -0.475 e. The molecule has 0 bridgehead atoms. The smallest absolute Gasteiger partial charge is 0.475 e. The van der Waals surface area contributed by atoms with E-state index in [0.29, 0.717) is 12.2 Å². The number of carbonyl (C=O) groups is 2. The molecule has 5 nitrogen and oxygen atoms in total. The third kappa shape index (κ3) is 3.44. The van der Waals surface area contributed by atoms with Crippen LogP contribution in [-0.2, 0) is 11.3 Å². The van der Waals surface area contributed by atoms with E-state index in [1.54, 1.807) is 6.20 Å². The average molecular weight is 248 g/mol. The first-order valence-corrected chi connectivity index (χ1v) is 4.34. The Labute approximate surface area is 93.3 Å². The lowest BCUT2D eigenvalue weighted by molar-refractivity contribution is -0.192. The minimum absolute atomic E-state index is 0.0596. The van der Waals surface area contributed by atoms with E-state index >= 15 is 0 Å². The van der Waals surface area contributed by atoms with Gasteiger partial charge in [-0.2, -0.15) is 13.2 Å². The summed E-state index contributed by atoms with van der Waals surface area (Å²) in [6.45, 7) is 0.627. The number of nitrogens with one attached hydrogen (secondary N) is 1. The average Bonchev–Trinajstić information content (AvgIpc) is 2.61. The highest BCUT2D eigenvalue weighted by Gasteiger charge is 2.38. The van der Waals surface area contributed by atoms with E-state index in [9.17, 15) is 18.0 Å². The molecule has 1 aliphatic rings. The lowest BCUT2D eigenvalue weighted by atomic mass is 10.2. The van der Waals surface area contributed by atoms with E-state index < -0.39 is 12.1 Å². The molecule has 0 unspecified atom stereocenters. The third-order valence-electron chi connectivity index (χ3n) is 1.79. The molecule has 2 N–H and O–H groups in total. The molecule has 1 aliphatic heterocycles. The summed E-state index contributed by atoms with van der Waals surface area (Å²) in [6.07, 6.45) is -3.45. The summed E-state index contributed by atoms with van der Waals surface area (Å²) >= 11 is 0. The van der Waals surface area contributed by atoms with E-state index in [0.717, 1.165) is 5.56 Å². The number of aliphatic carboxylic acids is 1. The number of carboxylic acids is 1. The van der Waals surface area contributed by atoms with Crippen LogP contribution in [0.1, 0.15) is 16.1 Å². The highest BCUT2D eigenvalue weighted by molar-refractivity contribution is 5.96. The molecule has 1 amide bonds. The maximum absolute atomic E-state index is 10.9. The van der Waals surface area contributed by atoms with Crippen molar-refractivity contribution in [2.24, 2.45) is 0 Å². The van der Waals surface area contributed by atoms with Gasteiger partial charge in [0.2, 0.25) is 0 Å². The van der Waals surface area contributed by atoms with Gasteiger partial charge in [-0.05, 0) is 6.07 Å². The number of carbonyl (C=O) groups excluding carboxylic acids is 1. The first kappa shape index (κ1) is 12.9. The number of pyridine rings is 1. The molecule has 17 heavy (non-hydrogen) atoms. The summed E-state index contributed by atoms with van der Waals surface area (Å²) < 4.78 is 31.7. The van der Waals surface area contributed by atoms with Crippen LogP contribution in [0.5, 0.6) is 0 Å². The van der Waals surface area contributed by atoms with E-state index in [-0.39, 0.29) is 5.91 Å².